The number of hydrogen-bond donors (Lipinski definition) is 2. The van der Waals surface area contributed by atoms with E-state index in [-0.39, 0.29) is 11.5 Å². The molecule has 0 aliphatic heterocycles. The van der Waals surface area contributed by atoms with Gasteiger partial charge in [-0.1, -0.05) is 6.07 Å². The molecular formula is C25H29N3O3. The molecule has 6 nitrogen and oxygen atoms in total. The topological polar surface area (TPSA) is 86.5 Å². The summed E-state index contributed by atoms with van der Waals surface area (Å²) >= 11 is 0. The normalized spacial score (nSPS) is 14.6. The average molecular weight is 420 g/mol. The maximum absolute atomic E-state index is 11.4. The van der Waals surface area contributed by atoms with Crippen molar-refractivity contribution < 1.29 is 14.6 Å². The molecule has 31 heavy (non-hydrogen) atoms. The molecule has 0 atom stereocenters. The average Bonchev–Trinajstić information content (AvgIpc) is 3.57. The number of methoxy groups -OCH3 is 1. The molecule has 1 fully saturated rings. The van der Waals surface area contributed by atoms with Crippen molar-refractivity contribution in [2.75, 3.05) is 19.1 Å². The SMILES string of the molecule is COc1cc(N(C)Cc2ccccn2)c(/C(=C\C=O)C2CC2)cc1/C(C(C)=N)=C(\C)O. The van der Waals surface area contributed by atoms with E-state index < -0.39 is 0 Å². The summed E-state index contributed by atoms with van der Waals surface area (Å²) in [5.74, 6) is 0.943. The molecule has 2 aromatic rings. The molecule has 1 aliphatic carbocycles. The Morgan fingerprint density at radius 3 is 2.55 bits per heavy atom. The maximum atomic E-state index is 11.4. The Morgan fingerprint density at radius 1 is 1.29 bits per heavy atom. The second-order valence-corrected chi connectivity index (χ2v) is 7.86. The van der Waals surface area contributed by atoms with Crippen LogP contribution >= 0.6 is 0 Å². The van der Waals surface area contributed by atoms with E-state index in [4.69, 9.17) is 10.1 Å². The van der Waals surface area contributed by atoms with Crippen molar-refractivity contribution in [3.05, 3.63) is 65.2 Å². The Morgan fingerprint density at radius 2 is 2.03 bits per heavy atom. The highest BCUT2D eigenvalue weighted by Gasteiger charge is 2.30. The number of nitrogens with zero attached hydrogens (tertiary/aromatic N) is 2. The number of anilines is 1. The lowest BCUT2D eigenvalue weighted by Crippen LogP contribution is -2.19. The lowest BCUT2D eigenvalue weighted by molar-refractivity contribution is -0.104. The summed E-state index contributed by atoms with van der Waals surface area (Å²) in [5, 5.41) is 18.4. The Labute approximate surface area is 183 Å². The number of benzene rings is 1. The van der Waals surface area contributed by atoms with Gasteiger partial charge in [-0.05, 0) is 62.5 Å². The minimum atomic E-state index is 0.0543. The molecule has 6 heteroatoms. The van der Waals surface area contributed by atoms with E-state index in [1.54, 1.807) is 33.2 Å². The molecule has 0 unspecified atom stereocenters. The maximum Gasteiger partial charge on any atom is 0.143 e. The highest BCUT2D eigenvalue weighted by molar-refractivity contribution is 6.22. The molecule has 3 rings (SSSR count). The highest BCUT2D eigenvalue weighted by atomic mass is 16.5. The fourth-order valence-electron chi connectivity index (χ4n) is 3.88. The Hall–Kier alpha value is -3.41. The van der Waals surface area contributed by atoms with Crippen molar-refractivity contribution in [3.8, 4) is 5.75 Å². The summed E-state index contributed by atoms with van der Waals surface area (Å²) < 4.78 is 5.67. The number of pyridine rings is 1. The largest absolute Gasteiger partial charge is 0.512 e. The number of hydrogen-bond acceptors (Lipinski definition) is 6. The predicted octanol–water partition coefficient (Wildman–Crippen LogP) is 5.05. The summed E-state index contributed by atoms with van der Waals surface area (Å²) in [6.07, 6.45) is 6.30. The fraction of sp³-hybridized carbons (Fsp3) is 0.320. The number of ether oxygens (including phenoxy) is 1. The highest BCUT2D eigenvalue weighted by Crippen LogP contribution is 2.47. The molecule has 1 aromatic carbocycles. The van der Waals surface area contributed by atoms with Gasteiger partial charge in [0.05, 0.1) is 25.1 Å². The molecule has 1 saturated carbocycles. The van der Waals surface area contributed by atoms with Crippen LogP contribution < -0.4 is 9.64 Å². The molecule has 1 aliphatic rings. The lowest BCUT2D eigenvalue weighted by Gasteiger charge is -2.26. The van der Waals surface area contributed by atoms with Crippen molar-refractivity contribution in [2.24, 2.45) is 5.92 Å². The molecule has 0 bridgehead atoms. The molecule has 0 saturated heterocycles. The zero-order valence-corrected chi connectivity index (χ0v) is 18.5. The number of aromatic nitrogens is 1. The zero-order valence-electron chi connectivity index (χ0n) is 18.5. The van der Waals surface area contributed by atoms with E-state index in [0.717, 1.165) is 41.6 Å². The van der Waals surface area contributed by atoms with Crippen LogP contribution in [0.4, 0.5) is 5.69 Å². The second-order valence-electron chi connectivity index (χ2n) is 7.86. The van der Waals surface area contributed by atoms with Gasteiger partial charge < -0.3 is 20.2 Å². The fourth-order valence-corrected chi connectivity index (χ4v) is 3.88. The van der Waals surface area contributed by atoms with Crippen molar-refractivity contribution in [3.63, 3.8) is 0 Å². The van der Waals surface area contributed by atoms with Crippen molar-refractivity contribution >= 4 is 28.8 Å². The predicted molar refractivity (Wildman–Crippen MR) is 125 cm³/mol. The summed E-state index contributed by atoms with van der Waals surface area (Å²) in [6, 6.07) is 9.66. The summed E-state index contributed by atoms with van der Waals surface area (Å²) in [5.41, 5.74) is 5.02. The van der Waals surface area contributed by atoms with Gasteiger partial charge in [0.25, 0.3) is 0 Å². The second kappa shape index (κ2) is 9.60. The van der Waals surface area contributed by atoms with Crippen LogP contribution in [0.25, 0.3) is 11.1 Å². The third kappa shape index (κ3) is 5.02. The first-order valence-corrected chi connectivity index (χ1v) is 10.3. The molecule has 0 radical (unpaired) electrons. The Balaban J connectivity index is 2.21. The van der Waals surface area contributed by atoms with Gasteiger partial charge in [0.2, 0.25) is 0 Å². The molecule has 1 heterocycles. The van der Waals surface area contributed by atoms with Crippen molar-refractivity contribution in [2.45, 2.75) is 33.2 Å². The monoisotopic (exact) mass is 419 g/mol. The first kappa shape index (κ1) is 22.3. The van der Waals surface area contributed by atoms with Gasteiger partial charge in [0.1, 0.15) is 12.0 Å². The summed E-state index contributed by atoms with van der Waals surface area (Å²) in [4.78, 5) is 17.9. The minimum absolute atomic E-state index is 0.0543. The standard InChI is InChI=1S/C25H29N3O3/c1-16(26)25(17(2)30)22-13-21(20(10-12-29)18-8-9-18)23(14-24(22)31-4)28(3)15-19-7-5-6-11-27-19/h5-7,10-14,18,26,30H,8-9,15H2,1-4H3/b20-10-,25-17+,26-16?. The number of aliphatic hydroxyl groups excluding tert-OH is 1. The van der Waals surface area contributed by atoms with Crippen LogP contribution in [-0.4, -0.2) is 36.2 Å². The van der Waals surface area contributed by atoms with Crippen LogP contribution in [0.15, 0.2) is 48.4 Å². The zero-order chi connectivity index (χ0) is 22.5. The minimum Gasteiger partial charge on any atom is -0.512 e. The van der Waals surface area contributed by atoms with E-state index in [2.05, 4.69) is 9.88 Å². The van der Waals surface area contributed by atoms with Crippen molar-refractivity contribution in [1.29, 1.82) is 5.41 Å². The van der Waals surface area contributed by atoms with Crippen molar-refractivity contribution in [1.82, 2.24) is 4.98 Å². The number of allylic oxidation sites excluding steroid dienone is 4. The molecule has 162 valence electrons. The molecule has 0 spiro atoms. The van der Waals surface area contributed by atoms with E-state index in [0.29, 0.717) is 29.3 Å². The van der Waals surface area contributed by atoms with Gasteiger partial charge in [-0.15, -0.1) is 0 Å². The van der Waals surface area contributed by atoms with Crippen LogP contribution in [0.3, 0.4) is 0 Å². The van der Waals surface area contributed by atoms with E-state index in [1.807, 2.05) is 37.4 Å². The molecule has 1 aromatic heterocycles. The third-order valence-electron chi connectivity index (χ3n) is 5.44. The number of carbonyl (C=O) groups excluding carboxylic acids is 1. The Bertz CT molecular complexity index is 1030. The van der Waals surface area contributed by atoms with Crippen LogP contribution in [-0.2, 0) is 11.3 Å². The first-order chi connectivity index (χ1) is 14.9. The number of aliphatic hydroxyl groups is 1. The van der Waals surface area contributed by atoms with Gasteiger partial charge in [0.15, 0.2) is 0 Å². The van der Waals surface area contributed by atoms with Gasteiger partial charge in [-0.25, -0.2) is 0 Å². The molecule has 2 N–H and O–H groups in total. The third-order valence-corrected chi connectivity index (χ3v) is 5.44. The van der Waals surface area contributed by atoms with Gasteiger partial charge in [0, 0.05) is 47.4 Å². The van der Waals surface area contributed by atoms with E-state index >= 15 is 0 Å². The number of carbonyl (C=O) groups is 1. The van der Waals surface area contributed by atoms with Crippen LogP contribution in [0.5, 0.6) is 5.75 Å². The van der Waals surface area contributed by atoms with E-state index in [9.17, 15) is 9.90 Å². The van der Waals surface area contributed by atoms with Gasteiger partial charge in [-0.3, -0.25) is 9.78 Å². The molecular weight excluding hydrogens is 390 g/mol. The van der Waals surface area contributed by atoms with Crippen LogP contribution in [0.1, 0.15) is 43.5 Å². The van der Waals surface area contributed by atoms with Crippen LogP contribution in [0.2, 0.25) is 0 Å². The molecule has 0 amide bonds. The quantitative estimate of drug-likeness (QED) is 0.257. The van der Waals surface area contributed by atoms with E-state index in [1.165, 1.54) is 0 Å². The number of nitrogens with one attached hydrogen (secondary N) is 1. The number of rotatable bonds is 9. The van der Waals surface area contributed by atoms with Crippen LogP contribution in [0, 0.1) is 11.3 Å². The summed E-state index contributed by atoms with van der Waals surface area (Å²) in [6.45, 7) is 3.79. The number of aldehydes is 1. The van der Waals surface area contributed by atoms with Gasteiger partial charge in [-0.2, -0.15) is 0 Å². The Kier molecular flexibility index (Phi) is 6.90. The smallest absolute Gasteiger partial charge is 0.143 e. The lowest BCUT2D eigenvalue weighted by atomic mass is 9.91. The summed E-state index contributed by atoms with van der Waals surface area (Å²) in [7, 11) is 3.56. The van der Waals surface area contributed by atoms with Gasteiger partial charge >= 0.3 is 0 Å². The first-order valence-electron chi connectivity index (χ1n) is 10.3.